The highest BCUT2D eigenvalue weighted by atomic mass is 16.5. The predicted octanol–water partition coefficient (Wildman–Crippen LogP) is 0.0735. The van der Waals surface area contributed by atoms with Gasteiger partial charge in [-0.2, -0.15) is 0 Å². The first-order valence-corrected chi connectivity index (χ1v) is 6.67. The zero-order valence-electron chi connectivity index (χ0n) is 11.3. The van der Waals surface area contributed by atoms with E-state index in [4.69, 9.17) is 4.74 Å². The molecule has 0 saturated carbocycles. The Bertz CT molecular complexity index is 444. The van der Waals surface area contributed by atoms with E-state index in [-0.39, 0.29) is 24.9 Å². The number of morpholine rings is 1. The van der Waals surface area contributed by atoms with E-state index in [1.165, 1.54) is 0 Å². The van der Waals surface area contributed by atoms with E-state index in [0.29, 0.717) is 26.3 Å². The van der Waals surface area contributed by atoms with Crippen LogP contribution in [-0.4, -0.2) is 56.1 Å². The fraction of sp³-hybridized carbons (Fsp3) is 0.429. The highest BCUT2D eigenvalue weighted by Gasteiger charge is 2.16. The summed E-state index contributed by atoms with van der Waals surface area (Å²) < 4.78 is 5.17. The Kier molecular flexibility index (Phi) is 5.37. The topological polar surface area (TPSA) is 70.7 Å². The van der Waals surface area contributed by atoms with E-state index in [1.807, 2.05) is 30.3 Å². The second-order valence-electron chi connectivity index (χ2n) is 4.49. The molecule has 20 heavy (non-hydrogen) atoms. The summed E-state index contributed by atoms with van der Waals surface area (Å²) in [4.78, 5) is 25.1. The van der Waals surface area contributed by atoms with Crippen LogP contribution >= 0.6 is 0 Å². The lowest BCUT2D eigenvalue weighted by molar-refractivity contribution is -0.136. The minimum absolute atomic E-state index is 0.0370. The molecule has 2 amide bonds. The van der Waals surface area contributed by atoms with Crippen LogP contribution in [0.1, 0.15) is 0 Å². The van der Waals surface area contributed by atoms with Gasteiger partial charge in [-0.15, -0.1) is 0 Å². The lowest BCUT2D eigenvalue weighted by Crippen LogP contribution is -2.46. The maximum absolute atomic E-state index is 11.8. The van der Waals surface area contributed by atoms with Crippen LogP contribution < -0.4 is 10.6 Å². The van der Waals surface area contributed by atoms with E-state index in [2.05, 4.69) is 10.6 Å². The zero-order chi connectivity index (χ0) is 14.2. The Morgan fingerprint density at radius 2 is 1.80 bits per heavy atom. The molecule has 2 rings (SSSR count). The maximum Gasteiger partial charge on any atom is 0.242 e. The lowest BCUT2D eigenvalue weighted by Gasteiger charge is -2.26. The van der Waals surface area contributed by atoms with Crippen molar-refractivity contribution < 1.29 is 14.3 Å². The average molecular weight is 277 g/mol. The lowest BCUT2D eigenvalue weighted by atomic mass is 10.3. The summed E-state index contributed by atoms with van der Waals surface area (Å²) in [7, 11) is 0. The van der Waals surface area contributed by atoms with Gasteiger partial charge in [0.1, 0.15) is 0 Å². The van der Waals surface area contributed by atoms with E-state index in [0.717, 1.165) is 5.69 Å². The molecule has 6 heteroatoms. The number of carbonyl (C=O) groups is 2. The summed E-state index contributed by atoms with van der Waals surface area (Å²) in [6.07, 6.45) is 0. The third-order valence-electron chi connectivity index (χ3n) is 3.03. The first-order chi connectivity index (χ1) is 9.75. The first-order valence-electron chi connectivity index (χ1n) is 6.67. The van der Waals surface area contributed by atoms with Crippen LogP contribution in [-0.2, 0) is 14.3 Å². The van der Waals surface area contributed by atoms with Gasteiger partial charge in [-0.3, -0.25) is 9.59 Å². The van der Waals surface area contributed by atoms with E-state index in [9.17, 15) is 9.59 Å². The van der Waals surface area contributed by atoms with Crippen molar-refractivity contribution in [2.24, 2.45) is 0 Å². The summed E-state index contributed by atoms with van der Waals surface area (Å²) in [6.45, 7) is 2.51. The third kappa shape index (κ3) is 4.55. The van der Waals surface area contributed by atoms with E-state index < -0.39 is 0 Å². The normalized spacial score (nSPS) is 14.7. The molecule has 0 bridgehead atoms. The molecule has 0 atom stereocenters. The van der Waals surface area contributed by atoms with Crippen molar-refractivity contribution in [3.05, 3.63) is 30.3 Å². The molecular weight excluding hydrogens is 258 g/mol. The van der Waals surface area contributed by atoms with Crippen molar-refractivity contribution in [3.63, 3.8) is 0 Å². The smallest absolute Gasteiger partial charge is 0.242 e. The summed E-state index contributed by atoms with van der Waals surface area (Å²) in [5, 5.41) is 5.61. The van der Waals surface area contributed by atoms with Gasteiger partial charge in [0.05, 0.1) is 26.3 Å². The largest absolute Gasteiger partial charge is 0.378 e. The minimum Gasteiger partial charge on any atom is -0.378 e. The molecule has 1 aromatic carbocycles. The van der Waals surface area contributed by atoms with Gasteiger partial charge in [0.2, 0.25) is 11.8 Å². The van der Waals surface area contributed by atoms with Gasteiger partial charge in [0, 0.05) is 18.8 Å². The predicted molar refractivity (Wildman–Crippen MR) is 75.3 cm³/mol. The van der Waals surface area contributed by atoms with Crippen molar-refractivity contribution >= 4 is 17.5 Å². The van der Waals surface area contributed by atoms with E-state index >= 15 is 0 Å². The number of nitrogens with zero attached hydrogens (tertiary/aromatic N) is 1. The average Bonchev–Trinajstić information content (AvgIpc) is 2.52. The number of nitrogens with one attached hydrogen (secondary N) is 2. The highest BCUT2D eigenvalue weighted by Crippen LogP contribution is 2.03. The monoisotopic (exact) mass is 277 g/mol. The number of ether oxygens (including phenoxy) is 1. The number of benzene rings is 1. The van der Waals surface area contributed by atoms with Gasteiger partial charge < -0.3 is 20.3 Å². The number of carbonyl (C=O) groups excluding carboxylic acids is 2. The third-order valence-corrected chi connectivity index (χ3v) is 3.03. The Morgan fingerprint density at radius 1 is 1.10 bits per heavy atom. The Balaban J connectivity index is 1.65. The van der Waals surface area contributed by atoms with Crippen LogP contribution in [0.4, 0.5) is 5.69 Å². The molecule has 0 aromatic heterocycles. The molecule has 1 heterocycles. The summed E-state index contributed by atoms with van der Waals surface area (Å²) in [5.41, 5.74) is 0.877. The van der Waals surface area contributed by atoms with Gasteiger partial charge in [-0.05, 0) is 12.1 Å². The molecule has 1 saturated heterocycles. The van der Waals surface area contributed by atoms with Gasteiger partial charge in [0.15, 0.2) is 0 Å². The van der Waals surface area contributed by atoms with Crippen molar-refractivity contribution in [2.45, 2.75) is 0 Å². The maximum atomic E-state index is 11.8. The Hall–Kier alpha value is -2.08. The molecule has 6 nitrogen and oxygen atoms in total. The number of hydrogen-bond acceptors (Lipinski definition) is 4. The fourth-order valence-electron chi connectivity index (χ4n) is 1.90. The SMILES string of the molecule is O=C(CNc1ccccc1)NCC(=O)N1CCOCC1. The molecule has 108 valence electrons. The van der Waals surface area contributed by atoms with Crippen LogP contribution in [0.5, 0.6) is 0 Å². The summed E-state index contributed by atoms with van der Waals surface area (Å²) in [5.74, 6) is -0.267. The Labute approximate surface area is 118 Å². The molecule has 0 spiro atoms. The molecule has 0 unspecified atom stereocenters. The number of anilines is 1. The van der Waals surface area contributed by atoms with Gasteiger partial charge in [0.25, 0.3) is 0 Å². The zero-order valence-corrected chi connectivity index (χ0v) is 11.3. The number of para-hydroxylation sites is 1. The number of hydrogen-bond donors (Lipinski definition) is 2. The van der Waals surface area contributed by atoms with Gasteiger partial charge >= 0.3 is 0 Å². The summed E-state index contributed by atoms with van der Waals surface area (Å²) in [6, 6.07) is 9.45. The molecule has 2 N–H and O–H groups in total. The van der Waals surface area contributed by atoms with Crippen LogP contribution in [0, 0.1) is 0 Å². The van der Waals surface area contributed by atoms with Crippen molar-refractivity contribution in [1.82, 2.24) is 10.2 Å². The number of amides is 2. The molecule has 1 fully saturated rings. The molecule has 0 radical (unpaired) electrons. The molecule has 1 aromatic rings. The van der Waals surface area contributed by atoms with Gasteiger partial charge in [-0.1, -0.05) is 18.2 Å². The summed E-state index contributed by atoms with van der Waals surface area (Å²) >= 11 is 0. The first kappa shape index (κ1) is 14.3. The minimum atomic E-state index is -0.199. The molecule has 1 aliphatic heterocycles. The van der Waals surface area contributed by atoms with Crippen molar-refractivity contribution in [2.75, 3.05) is 44.7 Å². The van der Waals surface area contributed by atoms with Crippen LogP contribution in [0.25, 0.3) is 0 Å². The second kappa shape index (κ2) is 7.49. The van der Waals surface area contributed by atoms with Crippen LogP contribution in [0.15, 0.2) is 30.3 Å². The Morgan fingerprint density at radius 3 is 2.50 bits per heavy atom. The highest BCUT2D eigenvalue weighted by molar-refractivity contribution is 5.86. The molecular formula is C14H19N3O3. The van der Waals surface area contributed by atoms with Crippen LogP contribution in [0.3, 0.4) is 0 Å². The fourth-order valence-corrected chi connectivity index (χ4v) is 1.90. The standard InChI is InChI=1S/C14H19N3O3/c18-13(10-15-12-4-2-1-3-5-12)16-11-14(19)17-6-8-20-9-7-17/h1-5,15H,6-11H2,(H,16,18). The number of rotatable bonds is 5. The van der Waals surface area contributed by atoms with Crippen LogP contribution in [0.2, 0.25) is 0 Å². The second-order valence-corrected chi connectivity index (χ2v) is 4.49. The molecule has 0 aliphatic carbocycles. The quantitative estimate of drug-likeness (QED) is 0.799. The van der Waals surface area contributed by atoms with Crippen molar-refractivity contribution in [1.29, 1.82) is 0 Å². The van der Waals surface area contributed by atoms with Gasteiger partial charge in [-0.25, -0.2) is 0 Å². The van der Waals surface area contributed by atoms with E-state index in [1.54, 1.807) is 4.90 Å². The molecule has 1 aliphatic rings. The van der Waals surface area contributed by atoms with Crippen molar-refractivity contribution in [3.8, 4) is 0 Å².